The van der Waals surface area contributed by atoms with Gasteiger partial charge in [-0.1, -0.05) is 0 Å². The van der Waals surface area contributed by atoms with Crippen LogP contribution in [0.4, 0.5) is 0 Å². The molecule has 1 fully saturated rings. The molecule has 1 aromatic heterocycles. The first-order valence-electron chi connectivity index (χ1n) is 8.23. The molecule has 0 radical (unpaired) electrons. The van der Waals surface area contributed by atoms with Crippen LogP contribution in [0.3, 0.4) is 0 Å². The zero-order valence-corrected chi connectivity index (χ0v) is 16.0. The molecule has 7 heteroatoms. The summed E-state index contributed by atoms with van der Waals surface area (Å²) < 4.78 is 5.73. The number of rotatable bonds is 7. The topological polar surface area (TPSA) is 58.5 Å². The first-order chi connectivity index (χ1) is 11.2. The molecule has 1 aliphatic heterocycles. The van der Waals surface area contributed by atoms with Crippen LogP contribution in [-0.2, 0) is 11.2 Å². The van der Waals surface area contributed by atoms with Crippen molar-refractivity contribution in [3.05, 3.63) is 16.1 Å². The van der Waals surface area contributed by atoms with Gasteiger partial charge in [-0.05, 0) is 32.9 Å². The molecule has 1 aromatic rings. The van der Waals surface area contributed by atoms with E-state index in [9.17, 15) is 0 Å². The minimum Gasteiger partial charge on any atom is -0.381 e. The van der Waals surface area contributed by atoms with Crippen LogP contribution in [0.15, 0.2) is 10.4 Å². The Bertz CT molecular complexity index is 498. The van der Waals surface area contributed by atoms with Crippen LogP contribution < -0.4 is 10.6 Å². The summed E-state index contributed by atoms with van der Waals surface area (Å²) in [5.74, 6) is 0.902. The predicted octanol–water partition coefficient (Wildman–Crippen LogP) is 2.46. The zero-order chi connectivity index (χ0) is 16.5. The number of aromatic nitrogens is 1. The lowest BCUT2D eigenvalue weighted by atomic mass is 9.99. The van der Waals surface area contributed by atoms with Crippen molar-refractivity contribution in [3.63, 3.8) is 0 Å². The number of hydrogen-bond donors (Lipinski definition) is 2. The summed E-state index contributed by atoms with van der Waals surface area (Å²) in [5, 5.41) is 10.0. The van der Waals surface area contributed by atoms with E-state index in [1.807, 2.05) is 18.7 Å². The first-order valence-corrected chi connectivity index (χ1v) is 10.3. The van der Waals surface area contributed by atoms with Gasteiger partial charge in [0.1, 0.15) is 0 Å². The maximum Gasteiger partial charge on any atom is 0.191 e. The van der Waals surface area contributed by atoms with Crippen LogP contribution in [0.2, 0.25) is 0 Å². The smallest absolute Gasteiger partial charge is 0.191 e. The highest BCUT2D eigenvalue weighted by atomic mass is 32.2. The average Bonchev–Trinajstić information content (AvgIpc) is 2.99. The fourth-order valence-corrected chi connectivity index (χ4v) is 3.98. The predicted molar refractivity (Wildman–Crippen MR) is 101 cm³/mol. The van der Waals surface area contributed by atoms with Gasteiger partial charge in [0.25, 0.3) is 0 Å². The van der Waals surface area contributed by atoms with Crippen LogP contribution >= 0.6 is 23.1 Å². The Labute approximate surface area is 147 Å². The van der Waals surface area contributed by atoms with Gasteiger partial charge in [-0.25, -0.2) is 4.98 Å². The van der Waals surface area contributed by atoms with Crippen molar-refractivity contribution in [3.8, 4) is 0 Å². The van der Waals surface area contributed by atoms with Crippen molar-refractivity contribution >= 4 is 29.1 Å². The van der Waals surface area contributed by atoms with Crippen molar-refractivity contribution in [2.45, 2.75) is 37.9 Å². The van der Waals surface area contributed by atoms with E-state index in [0.29, 0.717) is 0 Å². The fraction of sp³-hybridized carbons (Fsp3) is 0.750. The molecule has 1 aliphatic rings. The number of thioether (sulfide) groups is 1. The molecule has 0 aromatic carbocycles. The Morgan fingerprint density at radius 3 is 2.83 bits per heavy atom. The number of guanidine groups is 1. The third-order valence-corrected chi connectivity index (χ3v) is 6.27. The zero-order valence-electron chi connectivity index (χ0n) is 14.4. The van der Waals surface area contributed by atoms with E-state index in [1.165, 1.54) is 0 Å². The molecule has 2 N–H and O–H groups in total. The average molecular weight is 357 g/mol. The maximum atomic E-state index is 5.50. The summed E-state index contributed by atoms with van der Waals surface area (Å²) in [6.07, 6.45) is 5.27. The Morgan fingerprint density at radius 1 is 1.43 bits per heavy atom. The van der Waals surface area contributed by atoms with Crippen molar-refractivity contribution < 1.29 is 4.74 Å². The summed E-state index contributed by atoms with van der Waals surface area (Å²) in [7, 11) is 0. The Morgan fingerprint density at radius 2 is 2.22 bits per heavy atom. The summed E-state index contributed by atoms with van der Waals surface area (Å²) >= 11 is 3.63. The summed E-state index contributed by atoms with van der Waals surface area (Å²) in [5.41, 5.74) is 1.15. The van der Waals surface area contributed by atoms with E-state index in [2.05, 4.69) is 34.2 Å². The molecule has 0 bridgehead atoms. The quantitative estimate of drug-likeness (QED) is 0.580. The second-order valence-electron chi connectivity index (χ2n) is 5.73. The van der Waals surface area contributed by atoms with E-state index in [0.717, 1.165) is 68.8 Å². The van der Waals surface area contributed by atoms with Crippen LogP contribution in [0.5, 0.6) is 0 Å². The lowest BCUT2D eigenvalue weighted by molar-refractivity contribution is 0.0794. The molecule has 130 valence electrons. The third kappa shape index (κ3) is 5.97. The van der Waals surface area contributed by atoms with Gasteiger partial charge in [0, 0.05) is 42.9 Å². The Hall–Kier alpha value is -0.790. The molecule has 5 nitrogen and oxygen atoms in total. The molecule has 2 rings (SSSR count). The summed E-state index contributed by atoms with van der Waals surface area (Å²) in [4.78, 5) is 9.32. The van der Waals surface area contributed by atoms with Gasteiger partial charge in [0.2, 0.25) is 0 Å². The molecule has 23 heavy (non-hydrogen) atoms. The summed E-state index contributed by atoms with van der Waals surface area (Å²) in [6, 6.07) is 0. The van der Waals surface area contributed by atoms with E-state index in [4.69, 9.17) is 9.73 Å². The van der Waals surface area contributed by atoms with Crippen LogP contribution in [0.1, 0.15) is 30.5 Å². The molecule has 0 saturated carbocycles. The molecule has 0 spiro atoms. The molecule has 0 atom stereocenters. The number of hydrogen-bond acceptors (Lipinski definition) is 5. The van der Waals surface area contributed by atoms with Gasteiger partial charge in [-0.15, -0.1) is 11.3 Å². The van der Waals surface area contributed by atoms with Crippen LogP contribution in [0, 0.1) is 6.92 Å². The van der Waals surface area contributed by atoms with Crippen LogP contribution in [-0.4, -0.2) is 54.8 Å². The highest BCUT2D eigenvalue weighted by Crippen LogP contribution is 2.33. The molecular formula is C16H28N4OS2. The van der Waals surface area contributed by atoms with Gasteiger partial charge < -0.3 is 15.4 Å². The van der Waals surface area contributed by atoms with Crippen molar-refractivity contribution in [1.82, 2.24) is 15.6 Å². The highest BCUT2D eigenvalue weighted by molar-refractivity contribution is 8.00. The van der Waals surface area contributed by atoms with E-state index < -0.39 is 0 Å². The molecule has 0 amide bonds. The number of ether oxygens (including phenoxy) is 1. The minimum atomic E-state index is 0.229. The van der Waals surface area contributed by atoms with E-state index in [-0.39, 0.29) is 4.75 Å². The van der Waals surface area contributed by atoms with Crippen molar-refractivity contribution in [1.29, 1.82) is 0 Å². The number of nitrogens with zero attached hydrogens (tertiary/aromatic N) is 2. The van der Waals surface area contributed by atoms with Crippen molar-refractivity contribution in [2.75, 3.05) is 39.1 Å². The molecular weight excluding hydrogens is 328 g/mol. The fourth-order valence-electron chi connectivity index (χ4n) is 2.57. The lowest BCUT2D eigenvalue weighted by Crippen LogP contribution is -2.41. The normalized spacial score (nSPS) is 18.0. The van der Waals surface area contributed by atoms with Gasteiger partial charge in [0.15, 0.2) is 5.96 Å². The largest absolute Gasteiger partial charge is 0.381 e. The Kier molecular flexibility index (Phi) is 7.65. The Balaban J connectivity index is 1.85. The molecule has 1 saturated heterocycles. The highest BCUT2D eigenvalue weighted by Gasteiger charge is 2.31. The first kappa shape index (κ1) is 18.5. The third-order valence-electron chi connectivity index (χ3n) is 4.05. The number of nitrogens with one attached hydrogen (secondary N) is 2. The van der Waals surface area contributed by atoms with E-state index >= 15 is 0 Å². The van der Waals surface area contributed by atoms with Gasteiger partial charge in [-0.3, -0.25) is 4.99 Å². The van der Waals surface area contributed by atoms with Gasteiger partial charge >= 0.3 is 0 Å². The standard InChI is InChI=1S/C16H28N4OS2/c1-4-17-15(18-8-5-14-11-23-13(2)20-14)19-12-16(22-3)6-9-21-10-7-16/h11H,4-10,12H2,1-3H3,(H2,17,18,19). The van der Waals surface area contributed by atoms with Gasteiger partial charge in [0.05, 0.1) is 17.2 Å². The summed E-state index contributed by atoms with van der Waals surface area (Å²) in [6.45, 7) is 8.40. The maximum absolute atomic E-state index is 5.50. The van der Waals surface area contributed by atoms with Crippen LogP contribution in [0.25, 0.3) is 0 Å². The van der Waals surface area contributed by atoms with Crippen molar-refractivity contribution in [2.24, 2.45) is 4.99 Å². The molecule has 0 aliphatic carbocycles. The SMILES string of the molecule is CCNC(=NCC1(SC)CCOCC1)NCCc1csc(C)n1. The minimum absolute atomic E-state index is 0.229. The van der Waals surface area contributed by atoms with E-state index in [1.54, 1.807) is 11.3 Å². The molecule has 2 heterocycles. The number of thiazole rings is 1. The molecule has 0 unspecified atom stereocenters. The number of aliphatic imine (C=N–C) groups is 1. The lowest BCUT2D eigenvalue weighted by Gasteiger charge is -2.34. The second-order valence-corrected chi connectivity index (χ2v) is 8.07. The van der Waals surface area contributed by atoms with Gasteiger partial charge in [-0.2, -0.15) is 11.8 Å². The monoisotopic (exact) mass is 356 g/mol. The number of aryl methyl sites for hydroxylation is 1. The second kappa shape index (κ2) is 9.49.